The van der Waals surface area contributed by atoms with E-state index in [-0.39, 0.29) is 0 Å². The molecule has 0 aliphatic heterocycles. The van der Waals surface area contributed by atoms with Gasteiger partial charge in [-0.3, -0.25) is 4.68 Å². The van der Waals surface area contributed by atoms with Gasteiger partial charge in [-0.15, -0.1) is 0 Å². The molecule has 4 nitrogen and oxygen atoms in total. The average molecular weight is 279 g/mol. The van der Waals surface area contributed by atoms with E-state index >= 15 is 0 Å². The summed E-state index contributed by atoms with van der Waals surface area (Å²) >= 11 is 7.67. The highest BCUT2D eigenvalue weighted by molar-refractivity contribution is 7.22. The second-order valence-corrected chi connectivity index (χ2v) is 5.22. The van der Waals surface area contributed by atoms with Gasteiger partial charge in [0.15, 0.2) is 5.13 Å². The molecule has 0 bridgehead atoms. The van der Waals surface area contributed by atoms with Gasteiger partial charge < -0.3 is 5.32 Å². The molecule has 0 aliphatic carbocycles. The number of fused-ring (bicyclic) bond motifs is 1. The number of nitrogens with zero attached hydrogens (tertiary/aromatic N) is 3. The van der Waals surface area contributed by atoms with Crippen LogP contribution in [-0.2, 0) is 6.54 Å². The molecular weight excluding hydrogens is 268 g/mol. The van der Waals surface area contributed by atoms with E-state index in [1.165, 1.54) is 0 Å². The van der Waals surface area contributed by atoms with Crippen molar-refractivity contribution in [2.45, 2.75) is 13.5 Å². The number of anilines is 2. The van der Waals surface area contributed by atoms with Gasteiger partial charge in [0.05, 0.1) is 27.1 Å². The summed E-state index contributed by atoms with van der Waals surface area (Å²) in [6.45, 7) is 2.90. The maximum absolute atomic E-state index is 6.13. The molecule has 2 heterocycles. The summed E-state index contributed by atoms with van der Waals surface area (Å²) in [5, 5.41) is 9.01. The van der Waals surface area contributed by atoms with Gasteiger partial charge in [0.2, 0.25) is 0 Å². The zero-order valence-corrected chi connectivity index (χ0v) is 11.3. The highest BCUT2D eigenvalue weighted by Crippen LogP contribution is 2.32. The SMILES string of the molecule is CCn1cc(Nc2nc3cccc(Cl)c3s2)cn1. The van der Waals surface area contributed by atoms with Crippen molar-refractivity contribution in [2.75, 3.05) is 5.32 Å². The molecular formula is C12H11ClN4S. The van der Waals surface area contributed by atoms with Crippen LogP contribution in [0.25, 0.3) is 10.2 Å². The molecule has 1 N–H and O–H groups in total. The zero-order valence-electron chi connectivity index (χ0n) is 9.72. The number of nitrogens with one attached hydrogen (secondary N) is 1. The monoisotopic (exact) mass is 278 g/mol. The van der Waals surface area contributed by atoms with Crippen LogP contribution >= 0.6 is 22.9 Å². The van der Waals surface area contributed by atoms with Crippen LogP contribution in [0, 0.1) is 0 Å². The van der Waals surface area contributed by atoms with Gasteiger partial charge in [-0.2, -0.15) is 5.10 Å². The highest BCUT2D eigenvalue weighted by atomic mass is 35.5. The number of rotatable bonds is 3. The Kier molecular flexibility index (Phi) is 2.93. The van der Waals surface area contributed by atoms with E-state index in [1.54, 1.807) is 17.5 Å². The van der Waals surface area contributed by atoms with E-state index in [1.807, 2.05) is 36.0 Å². The molecule has 0 spiro atoms. The number of aromatic nitrogens is 3. The summed E-state index contributed by atoms with van der Waals surface area (Å²) in [4.78, 5) is 4.49. The summed E-state index contributed by atoms with van der Waals surface area (Å²) in [6.07, 6.45) is 3.74. The fourth-order valence-electron chi connectivity index (χ4n) is 1.69. The van der Waals surface area contributed by atoms with Crippen molar-refractivity contribution in [3.8, 4) is 0 Å². The topological polar surface area (TPSA) is 42.7 Å². The lowest BCUT2D eigenvalue weighted by Crippen LogP contribution is -1.92. The smallest absolute Gasteiger partial charge is 0.188 e. The molecule has 0 unspecified atom stereocenters. The Bertz CT molecular complexity index is 688. The molecule has 3 rings (SSSR count). The molecule has 0 fully saturated rings. The van der Waals surface area contributed by atoms with Crippen molar-refractivity contribution >= 4 is 44.0 Å². The molecule has 6 heteroatoms. The first-order chi connectivity index (χ1) is 8.76. The minimum Gasteiger partial charge on any atom is -0.329 e. The summed E-state index contributed by atoms with van der Waals surface area (Å²) < 4.78 is 2.87. The fourth-order valence-corrected chi connectivity index (χ4v) is 2.87. The van der Waals surface area contributed by atoms with Crippen LogP contribution in [0.15, 0.2) is 30.6 Å². The number of hydrogen-bond acceptors (Lipinski definition) is 4. The van der Waals surface area contributed by atoms with E-state index in [2.05, 4.69) is 15.4 Å². The van der Waals surface area contributed by atoms with E-state index in [0.717, 1.165) is 32.6 Å². The number of aryl methyl sites for hydroxylation is 1. The Morgan fingerprint density at radius 1 is 1.44 bits per heavy atom. The van der Waals surface area contributed by atoms with Crippen molar-refractivity contribution in [3.63, 3.8) is 0 Å². The Morgan fingerprint density at radius 2 is 2.33 bits per heavy atom. The van der Waals surface area contributed by atoms with Crippen LogP contribution in [0.4, 0.5) is 10.8 Å². The molecule has 92 valence electrons. The largest absolute Gasteiger partial charge is 0.329 e. The predicted molar refractivity (Wildman–Crippen MR) is 75.8 cm³/mol. The number of benzene rings is 1. The van der Waals surface area contributed by atoms with Crippen molar-refractivity contribution < 1.29 is 0 Å². The van der Waals surface area contributed by atoms with Gasteiger partial charge >= 0.3 is 0 Å². The highest BCUT2D eigenvalue weighted by Gasteiger charge is 2.07. The quantitative estimate of drug-likeness (QED) is 0.790. The lowest BCUT2D eigenvalue weighted by Gasteiger charge is -1.95. The molecule has 3 aromatic rings. The first-order valence-electron chi connectivity index (χ1n) is 5.61. The summed E-state index contributed by atoms with van der Waals surface area (Å²) in [5.74, 6) is 0. The molecule has 0 saturated heterocycles. The Hall–Kier alpha value is -1.59. The van der Waals surface area contributed by atoms with Crippen LogP contribution in [0.3, 0.4) is 0 Å². The van der Waals surface area contributed by atoms with E-state index in [4.69, 9.17) is 11.6 Å². The van der Waals surface area contributed by atoms with E-state index < -0.39 is 0 Å². The molecule has 0 atom stereocenters. The van der Waals surface area contributed by atoms with Crippen molar-refractivity contribution in [3.05, 3.63) is 35.6 Å². The third kappa shape index (κ3) is 2.07. The predicted octanol–water partition coefficient (Wildman–Crippen LogP) is 3.91. The Labute approximate surface area is 113 Å². The van der Waals surface area contributed by atoms with Gasteiger partial charge in [0, 0.05) is 12.7 Å². The number of hydrogen-bond donors (Lipinski definition) is 1. The average Bonchev–Trinajstić information content (AvgIpc) is 2.96. The van der Waals surface area contributed by atoms with Gasteiger partial charge in [0.1, 0.15) is 0 Å². The summed E-state index contributed by atoms with van der Waals surface area (Å²) in [7, 11) is 0. The lowest BCUT2D eigenvalue weighted by atomic mass is 10.3. The van der Waals surface area contributed by atoms with Gasteiger partial charge in [-0.1, -0.05) is 29.0 Å². The van der Waals surface area contributed by atoms with Gasteiger partial charge in [-0.05, 0) is 19.1 Å². The first-order valence-corrected chi connectivity index (χ1v) is 6.80. The summed E-state index contributed by atoms with van der Waals surface area (Å²) in [5.41, 5.74) is 1.85. The molecule has 0 amide bonds. The van der Waals surface area contributed by atoms with Gasteiger partial charge in [0.25, 0.3) is 0 Å². The zero-order chi connectivity index (χ0) is 12.5. The van der Waals surface area contributed by atoms with Gasteiger partial charge in [-0.25, -0.2) is 4.98 Å². The maximum atomic E-state index is 6.13. The molecule has 0 saturated carbocycles. The fraction of sp³-hybridized carbons (Fsp3) is 0.167. The minimum atomic E-state index is 0.738. The Balaban J connectivity index is 1.93. The van der Waals surface area contributed by atoms with Crippen LogP contribution in [0.2, 0.25) is 5.02 Å². The summed E-state index contributed by atoms with van der Waals surface area (Å²) in [6, 6.07) is 5.74. The van der Waals surface area contributed by atoms with E-state index in [0.29, 0.717) is 0 Å². The first kappa shape index (κ1) is 11.5. The molecule has 2 aromatic heterocycles. The molecule has 1 aromatic carbocycles. The lowest BCUT2D eigenvalue weighted by molar-refractivity contribution is 0.660. The van der Waals surface area contributed by atoms with Crippen molar-refractivity contribution in [1.82, 2.24) is 14.8 Å². The number of halogens is 1. The minimum absolute atomic E-state index is 0.738. The van der Waals surface area contributed by atoms with Crippen molar-refractivity contribution in [1.29, 1.82) is 0 Å². The normalized spacial score (nSPS) is 11.0. The standard InChI is InChI=1S/C12H11ClN4S/c1-2-17-7-8(6-14-17)15-12-16-10-5-3-4-9(13)11(10)18-12/h3-7H,2H2,1H3,(H,15,16). The second-order valence-electron chi connectivity index (χ2n) is 3.82. The van der Waals surface area contributed by atoms with Crippen LogP contribution in [0.1, 0.15) is 6.92 Å². The third-order valence-electron chi connectivity index (χ3n) is 2.58. The molecule has 18 heavy (non-hydrogen) atoms. The van der Waals surface area contributed by atoms with Crippen LogP contribution < -0.4 is 5.32 Å². The van der Waals surface area contributed by atoms with Crippen LogP contribution in [0.5, 0.6) is 0 Å². The molecule has 0 aliphatic rings. The van der Waals surface area contributed by atoms with Crippen LogP contribution in [-0.4, -0.2) is 14.8 Å². The molecule has 0 radical (unpaired) electrons. The third-order valence-corrected chi connectivity index (χ3v) is 4.02. The van der Waals surface area contributed by atoms with Crippen molar-refractivity contribution in [2.24, 2.45) is 0 Å². The second kappa shape index (κ2) is 4.59. The Morgan fingerprint density at radius 3 is 3.06 bits per heavy atom. The number of thiazole rings is 1. The van der Waals surface area contributed by atoms with E-state index in [9.17, 15) is 0 Å². The maximum Gasteiger partial charge on any atom is 0.188 e.